The molecule has 1 aliphatic heterocycles. The van der Waals surface area contributed by atoms with Crippen LogP contribution in [0.15, 0.2) is 0 Å². The average molecular weight is 298 g/mol. The van der Waals surface area contributed by atoms with Gasteiger partial charge < -0.3 is 9.64 Å². The molecular weight excluding hydrogens is 264 g/mol. The number of esters is 1. The number of hydrogen-bond acceptors (Lipinski definition) is 4. The van der Waals surface area contributed by atoms with Crippen LogP contribution in [0.1, 0.15) is 66.2 Å². The Bertz CT molecular complexity index is 320. The van der Waals surface area contributed by atoms with Gasteiger partial charge in [0.05, 0.1) is 7.11 Å². The molecule has 0 aromatic carbocycles. The summed E-state index contributed by atoms with van der Waals surface area (Å²) in [5.41, 5.74) is -0.557. The van der Waals surface area contributed by atoms with E-state index in [4.69, 9.17) is 4.74 Å². The number of methoxy groups -OCH3 is 1. The average Bonchev–Trinajstić information content (AvgIpc) is 2.89. The molecule has 0 amide bonds. The molecule has 0 aromatic heterocycles. The second kappa shape index (κ2) is 8.74. The van der Waals surface area contributed by atoms with Gasteiger partial charge in [-0.15, -0.1) is 0 Å². The van der Waals surface area contributed by atoms with Crippen molar-refractivity contribution in [2.45, 2.75) is 83.8 Å². The maximum absolute atomic E-state index is 12.0. The quantitative estimate of drug-likeness (QED) is 0.525. The van der Waals surface area contributed by atoms with E-state index < -0.39 is 5.54 Å². The maximum atomic E-state index is 12.0. The first-order valence-electron chi connectivity index (χ1n) is 8.53. The Morgan fingerprint density at radius 3 is 2.71 bits per heavy atom. The van der Waals surface area contributed by atoms with E-state index in [1.54, 1.807) is 0 Å². The second-order valence-corrected chi connectivity index (χ2v) is 6.82. The van der Waals surface area contributed by atoms with Crippen molar-refractivity contribution in [3.05, 3.63) is 0 Å². The fourth-order valence-corrected chi connectivity index (χ4v) is 3.54. The first-order chi connectivity index (χ1) is 9.92. The minimum absolute atomic E-state index is 0.149. The van der Waals surface area contributed by atoms with E-state index >= 15 is 0 Å². The zero-order valence-electron chi connectivity index (χ0n) is 14.6. The molecular formula is C17H34N2O2. The van der Waals surface area contributed by atoms with Gasteiger partial charge in [-0.2, -0.15) is 0 Å². The number of nitrogens with one attached hydrogen (secondary N) is 1. The van der Waals surface area contributed by atoms with Gasteiger partial charge in [-0.3, -0.25) is 10.1 Å². The van der Waals surface area contributed by atoms with E-state index in [1.807, 2.05) is 6.92 Å². The minimum Gasteiger partial charge on any atom is -0.468 e. The lowest BCUT2D eigenvalue weighted by atomic mass is 9.93. The number of hydrogen-bond donors (Lipinski definition) is 1. The summed E-state index contributed by atoms with van der Waals surface area (Å²) < 4.78 is 4.97. The molecule has 4 nitrogen and oxygen atoms in total. The fraction of sp³-hybridized carbons (Fsp3) is 0.941. The molecule has 1 aliphatic rings. The molecule has 0 bridgehead atoms. The van der Waals surface area contributed by atoms with Crippen molar-refractivity contribution in [2.24, 2.45) is 0 Å². The van der Waals surface area contributed by atoms with Crippen LogP contribution >= 0.6 is 0 Å². The highest BCUT2D eigenvalue weighted by molar-refractivity contribution is 5.80. The van der Waals surface area contributed by atoms with Crippen LogP contribution in [-0.2, 0) is 9.53 Å². The van der Waals surface area contributed by atoms with E-state index in [0.717, 1.165) is 31.8 Å². The molecule has 4 heteroatoms. The smallest absolute Gasteiger partial charge is 0.325 e. The maximum Gasteiger partial charge on any atom is 0.325 e. The first-order valence-corrected chi connectivity index (χ1v) is 8.53. The van der Waals surface area contributed by atoms with E-state index in [0.29, 0.717) is 0 Å². The third-order valence-corrected chi connectivity index (χ3v) is 4.59. The van der Waals surface area contributed by atoms with Gasteiger partial charge >= 0.3 is 5.97 Å². The Morgan fingerprint density at radius 1 is 1.43 bits per heavy atom. The summed E-state index contributed by atoms with van der Waals surface area (Å²) in [5, 5.41) is 3.37. The topological polar surface area (TPSA) is 41.6 Å². The fourth-order valence-electron chi connectivity index (χ4n) is 3.54. The summed E-state index contributed by atoms with van der Waals surface area (Å²) in [5.74, 6) is -0.149. The number of carbonyl (C=O) groups excluding carboxylic acids is 1. The van der Waals surface area contributed by atoms with Gasteiger partial charge in [-0.1, -0.05) is 6.92 Å². The highest BCUT2D eigenvalue weighted by atomic mass is 16.5. The first kappa shape index (κ1) is 18.4. The summed E-state index contributed by atoms with van der Waals surface area (Å²) >= 11 is 0. The van der Waals surface area contributed by atoms with Crippen LogP contribution in [0.25, 0.3) is 0 Å². The lowest BCUT2D eigenvalue weighted by molar-refractivity contribution is -0.148. The zero-order valence-corrected chi connectivity index (χ0v) is 14.6. The summed E-state index contributed by atoms with van der Waals surface area (Å²) in [6.07, 6.45) is 7.00. The molecule has 1 fully saturated rings. The Hall–Kier alpha value is -0.610. The van der Waals surface area contributed by atoms with Crippen molar-refractivity contribution >= 4 is 5.97 Å². The number of carbonyl (C=O) groups is 1. The van der Waals surface area contributed by atoms with Crippen LogP contribution < -0.4 is 5.32 Å². The Kier molecular flexibility index (Phi) is 7.67. The van der Waals surface area contributed by atoms with E-state index in [2.05, 4.69) is 31.0 Å². The van der Waals surface area contributed by atoms with Crippen molar-refractivity contribution in [2.75, 3.05) is 20.2 Å². The van der Waals surface area contributed by atoms with Crippen LogP contribution in [0, 0.1) is 0 Å². The highest BCUT2D eigenvalue weighted by Gasteiger charge is 2.34. The van der Waals surface area contributed by atoms with Crippen molar-refractivity contribution in [3.8, 4) is 0 Å². The van der Waals surface area contributed by atoms with Gasteiger partial charge in [0.15, 0.2) is 0 Å². The molecule has 0 saturated carbocycles. The summed E-state index contributed by atoms with van der Waals surface area (Å²) in [6.45, 7) is 10.8. The Morgan fingerprint density at radius 2 is 2.14 bits per heavy atom. The summed E-state index contributed by atoms with van der Waals surface area (Å²) in [4.78, 5) is 14.6. The molecule has 0 spiro atoms. The number of unbranched alkanes of at least 4 members (excludes halogenated alkanes) is 1. The van der Waals surface area contributed by atoms with E-state index in [-0.39, 0.29) is 12.0 Å². The van der Waals surface area contributed by atoms with Gasteiger partial charge in [0.1, 0.15) is 5.54 Å². The monoisotopic (exact) mass is 298 g/mol. The van der Waals surface area contributed by atoms with Gasteiger partial charge in [-0.05, 0) is 72.4 Å². The summed E-state index contributed by atoms with van der Waals surface area (Å²) in [7, 11) is 1.47. The second-order valence-electron chi connectivity index (χ2n) is 6.82. The van der Waals surface area contributed by atoms with Crippen molar-refractivity contribution in [1.29, 1.82) is 0 Å². The molecule has 1 heterocycles. The molecule has 1 rings (SSSR count). The van der Waals surface area contributed by atoms with Crippen molar-refractivity contribution in [1.82, 2.24) is 10.2 Å². The number of likely N-dealkylation sites (tertiary alicyclic amines) is 1. The predicted octanol–water partition coefficient (Wildman–Crippen LogP) is 2.96. The SMILES string of the molecule is CCC1CCCN1CCCCC(C)(NC(C)C)C(=O)OC. The van der Waals surface area contributed by atoms with Gasteiger partial charge in [0.25, 0.3) is 0 Å². The van der Waals surface area contributed by atoms with Crippen LogP contribution in [0.2, 0.25) is 0 Å². The summed E-state index contributed by atoms with van der Waals surface area (Å²) in [6, 6.07) is 1.06. The molecule has 21 heavy (non-hydrogen) atoms. The number of rotatable bonds is 9. The van der Waals surface area contributed by atoms with Crippen LogP contribution in [0.3, 0.4) is 0 Å². The number of ether oxygens (including phenoxy) is 1. The van der Waals surface area contributed by atoms with Gasteiger partial charge in [-0.25, -0.2) is 0 Å². The standard InChI is InChI=1S/C17H34N2O2/c1-6-15-10-9-13-19(15)12-8-7-11-17(4,16(20)21-5)18-14(2)3/h14-15,18H,6-13H2,1-5H3. The lowest BCUT2D eigenvalue weighted by Gasteiger charge is -2.30. The molecule has 124 valence electrons. The molecule has 1 N–H and O–H groups in total. The molecule has 2 unspecified atom stereocenters. The molecule has 0 aromatic rings. The zero-order chi connectivity index (χ0) is 15.9. The van der Waals surface area contributed by atoms with E-state index in [1.165, 1.54) is 32.9 Å². The van der Waals surface area contributed by atoms with E-state index in [9.17, 15) is 4.79 Å². The third-order valence-electron chi connectivity index (χ3n) is 4.59. The van der Waals surface area contributed by atoms with Gasteiger partial charge in [0, 0.05) is 12.1 Å². The van der Waals surface area contributed by atoms with Crippen LogP contribution in [-0.4, -0.2) is 48.7 Å². The largest absolute Gasteiger partial charge is 0.468 e. The predicted molar refractivity (Wildman–Crippen MR) is 87.4 cm³/mol. The molecule has 2 atom stereocenters. The van der Waals surface area contributed by atoms with Gasteiger partial charge in [0.2, 0.25) is 0 Å². The molecule has 0 aliphatic carbocycles. The van der Waals surface area contributed by atoms with Crippen molar-refractivity contribution < 1.29 is 9.53 Å². The molecule has 1 saturated heterocycles. The Labute approximate surface area is 130 Å². The minimum atomic E-state index is -0.557. The molecule has 0 radical (unpaired) electrons. The Balaban J connectivity index is 2.38. The normalized spacial score (nSPS) is 22.5. The lowest BCUT2D eigenvalue weighted by Crippen LogP contribution is -2.53. The van der Waals surface area contributed by atoms with Crippen molar-refractivity contribution in [3.63, 3.8) is 0 Å². The van der Waals surface area contributed by atoms with Crippen LogP contribution in [0.4, 0.5) is 0 Å². The van der Waals surface area contributed by atoms with Crippen LogP contribution in [0.5, 0.6) is 0 Å². The number of nitrogens with zero attached hydrogens (tertiary/aromatic N) is 1. The third kappa shape index (κ3) is 5.59. The highest BCUT2D eigenvalue weighted by Crippen LogP contribution is 2.22.